The zero-order valence-corrected chi connectivity index (χ0v) is 13.5. The van der Waals surface area contributed by atoms with Crippen molar-refractivity contribution in [2.45, 2.75) is 63.7 Å². The van der Waals surface area contributed by atoms with E-state index in [1.54, 1.807) is 7.11 Å². The molecule has 0 heterocycles. The van der Waals surface area contributed by atoms with Gasteiger partial charge in [0.25, 0.3) is 0 Å². The Kier molecular flexibility index (Phi) is 6.43. The molecule has 0 aromatic carbocycles. The number of carbonyl (C=O) groups excluding carboxylic acids is 1. The molecule has 0 aliphatic heterocycles. The van der Waals surface area contributed by atoms with E-state index in [9.17, 15) is 4.79 Å². The molecule has 118 valence electrons. The zero-order chi connectivity index (χ0) is 15.2. The lowest BCUT2D eigenvalue weighted by Crippen LogP contribution is -2.49. The van der Waals surface area contributed by atoms with Crippen molar-refractivity contribution >= 4 is 5.97 Å². The summed E-state index contributed by atoms with van der Waals surface area (Å²) in [4.78, 5) is 12.1. The number of likely N-dealkylation sites (N-methyl/N-ethyl adjacent to an activating group) is 1. The second-order valence-electron chi connectivity index (χ2n) is 6.00. The van der Waals surface area contributed by atoms with E-state index in [1.165, 1.54) is 0 Å². The van der Waals surface area contributed by atoms with Crippen molar-refractivity contribution < 1.29 is 19.0 Å². The Morgan fingerprint density at radius 2 is 2.15 bits per heavy atom. The average molecular weight is 287 g/mol. The number of methoxy groups -OCH3 is 1. The van der Waals surface area contributed by atoms with Gasteiger partial charge in [0.2, 0.25) is 0 Å². The molecule has 5 heteroatoms. The van der Waals surface area contributed by atoms with Gasteiger partial charge in [-0.25, -0.2) is 0 Å². The van der Waals surface area contributed by atoms with Crippen molar-refractivity contribution in [2.24, 2.45) is 0 Å². The number of esters is 1. The summed E-state index contributed by atoms with van der Waals surface area (Å²) in [7, 11) is 3.52. The normalized spacial score (nSPS) is 26.8. The largest absolute Gasteiger partial charge is 0.465 e. The molecule has 1 saturated carbocycles. The number of ether oxygens (including phenoxy) is 3. The van der Waals surface area contributed by atoms with Crippen LogP contribution in [0.3, 0.4) is 0 Å². The SMILES string of the molecule is CCOC(=O)C1(NC)CCC(OCCC(C)(C)OC)C1. The van der Waals surface area contributed by atoms with Gasteiger partial charge in [-0.05, 0) is 47.1 Å². The van der Waals surface area contributed by atoms with Crippen molar-refractivity contribution in [3.63, 3.8) is 0 Å². The zero-order valence-electron chi connectivity index (χ0n) is 13.5. The lowest BCUT2D eigenvalue weighted by molar-refractivity contribution is -0.151. The van der Waals surface area contributed by atoms with E-state index in [4.69, 9.17) is 14.2 Å². The lowest BCUT2D eigenvalue weighted by Gasteiger charge is -2.27. The molecule has 0 spiro atoms. The van der Waals surface area contributed by atoms with Gasteiger partial charge >= 0.3 is 5.97 Å². The first-order valence-corrected chi connectivity index (χ1v) is 7.42. The van der Waals surface area contributed by atoms with Crippen LogP contribution in [0.4, 0.5) is 0 Å². The molecule has 2 atom stereocenters. The number of rotatable bonds is 8. The molecular formula is C15H29NO4. The fraction of sp³-hybridized carbons (Fsp3) is 0.933. The van der Waals surface area contributed by atoms with Crippen molar-refractivity contribution in [3.8, 4) is 0 Å². The molecular weight excluding hydrogens is 258 g/mol. The molecule has 1 rings (SSSR count). The van der Waals surface area contributed by atoms with Gasteiger partial charge in [-0.15, -0.1) is 0 Å². The molecule has 0 bridgehead atoms. The van der Waals surface area contributed by atoms with Gasteiger partial charge in [0.05, 0.1) is 18.3 Å². The molecule has 1 aliphatic carbocycles. The highest BCUT2D eigenvalue weighted by Crippen LogP contribution is 2.33. The van der Waals surface area contributed by atoms with Crippen molar-refractivity contribution in [3.05, 3.63) is 0 Å². The molecule has 0 radical (unpaired) electrons. The van der Waals surface area contributed by atoms with Crippen LogP contribution < -0.4 is 5.32 Å². The van der Waals surface area contributed by atoms with Crippen LogP contribution in [0.2, 0.25) is 0 Å². The first-order valence-electron chi connectivity index (χ1n) is 7.42. The molecule has 0 aromatic heterocycles. The summed E-state index contributed by atoms with van der Waals surface area (Å²) in [6, 6.07) is 0. The maximum absolute atomic E-state index is 12.1. The minimum absolute atomic E-state index is 0.111. The monoisotopic (exact) mass is 287 g/mol. The molecule has 1 fully saturated rings. The Labute approximate surface area is 122 Å². The summed E-state index contributed by atoms with van der Waals surface area (Å²) < 4.78 is 16.4. The highest BCUT2D eigenvalue weighted by Gasteiger charge is 2.45. The quantitative estimate of drug-likeness (QED) is 0.691. The fourth-order valence-corrected chi connectivity index (χ4v) is 2.50. The van der Waals surface area contributed by atoms with Crippen LogP contribution in [0, 0.1) is 0 Å². The third-order valence-corrected chi connectivity index (χ3v) is 4.22. The second kappa shape index (κ2) is 7.38. The van der Waals surface area contributed by atoms with Gasteiger partial charge in [-0.1, -0.05) is 0 Å². The van der Waals surface area contributed by atoms with Crippen LogP contribution in [-0.4, -0.2) is 50.6 Å². The van der Waals surface area contributed by atoms with Gasteiger partial charge in [0.1, 0.15) is 5.54 Å². The minimum Gasteiger partial charge on any atom is -0.465 e. The Morgan fingerprint density at radius 1 is 1.45 bits per heavy atom. The van der Waals surface area contributed by atoms with Crippen LogP contribution in [0.1, 0.15) is 46.5 Å². The summed E-state index contributed by atoms with van der Waals surface area (Å²) in [6.45, 7) is 6.98. The number of hydrogen-bond donors (Lipinski definition) is 1. The molecule has 0 saturated heterocycles. The Hall–Kier alpha value is -0.650. The summed E-state index contributed by atoms with van der Waals surface area (Å²) >= 11 is 0. The van der Waals surface area contributed by atoms with Crippen LogP contribution >= 0.6 is 0 Å². The van der Waals surface area contributed by atoms with E-state index in [1.807, 2.05) is 27.8 Å². The van der Waals surface area contributed by atoms with Gasteiger partial charge in [0, 0.05) is 20.1 Å². The highest BCUT2D eigenvalue weighted by atomic mass is 16.5. The van der Waals surface area contributed by atoms with E-state index in [-0.39, 0.29) is 17.7 Å². The van der Waals surface area contributed by atoms with Crippen LogP contribution in [-0.2, 0) is 19.0 Å². The van der Waals surface area contributed by atoms with E-state index >= 15 is 0 Å². The molecule has 20 heavy (non-hydrogen) atoms. The fourth-order valence-electron chi connectivity index (χ4n) is 2.50. The first-order chi connectivity index (χ1) is 9.39. The van der Waals surface area contributed by atoms with Crippen LogP contribution in [0.25, 0.3) is 0 Å². The topological polar surface area (TPSA) is 56.8 Å². The van der Waals surface area contributed by atoms with Crippen molar-refractivity contribution in [2.75, 3.05) is 27.4 Å². The van der Waals surface area contributed by atoms with Gasteiger partial charge in [0.15, 0.2) is 0 Å². The minimum atomic E-state index is -0.572. The van der Waals surface area contributed by atoms with E-state index in [0.29, 0.717) is 19.6 Å². The predicted molar refractivity (Wildman–Crippen MR) is 77.7 cm³/mol. The Balaban J connectivity index is 2.43. The van der Waals surface area contributed by atoms with Gasteiger partial charge in [-0.3, -0.25) is 4.79 Å². The van der Waals surface area contributed by atoms with E-state index in [2.05, 4.69) is 5.32 Å². The highest BCUT2D eigenvalue weighted by molar-refractivity contribution is 5.81. The lowest BCUT2D eigenvalue weighted by atomic mass is 9.98. The van der Waals surface area contributed by atoms with E-state index < -0.39 is 5.54 Å². The maximum Gasteiger partial charge on any atom is 0.326 e. The van der Waals surface area contributed by atoms with Gasteiger partial charge in [-0.2, -0.15) is 0 Å². The predicted octanol–water partition coefficient (Wildman–Crippen LogP) is 1.89. The van der Waals surface area contributed by atoms with Gasteiger partial charge < -0.3 is 19.5 Å². The molecule has 0 amide bonds. The van der Waals surface area contributed by atoms with Crippen molar-refractivity contribution in [1.82, 2.24) is 5.32 Å². The average Bonchev–Trinajstić information content (AvgIpc) is 2.84. The maximum atomic E-state index is 12.1. The second-order valence-corrected chi connectivity index (χ2v) is 6.00. The molecule has 0 aromatic rings. The summed E-state index contributed by atoms with van der Waals surface area (Å²) in [5.41, 5.74) is -0.739. The summed E-state index contributed by atoms with van der Waals surface area (Å²) in [5, 5.41) is 3.13. The number of nitrogens with one attached hydrogen (secondary N) is 1. The smallest absolute Gasteiger partial charge is 0.326 e. The number of carbonyl (C=O) groups is 1. The number of hydrogen-bond acceptors (Lipinski definition) is 5. The molecule has 5 nitrogen and oxygen atoms in total. The standard InChI is InChI=1S/C15H29NO4/c1-6-19-13(17)15(16-4)8-7-12(11-15)20-10-9-14(2,3)18-5/h12,16H,6-11H2,1-5H3. The molecule has 2 unspecified atom stereocenters. The first kappa shape index (κ1) is 17.4. The Bertz CT molecular complexity index is 319. The summed E-state index contributed by atoms with van der Waals surface area (Å²) in [5.74, 6) is -0.161. The van der Waals surface area contributed by atoms with Crippen LogP contribution in [0.15, 0.2) is 0 Å². The molecule has 1 aliphatic rings. The van der Waals surface area contributed by atoms with Crippen molar-refractivity contribution in [1.29, 1.82) is 0 Å². The third kappa shape index (κ3) is 4.43. The summed E-state index contributed by atoms with van der Waals surface area (Å²) in [6.07, 6.45) is 3.27. The molecule has 1 N–H and O–H groups in total. The van der Waals surface area contributed by atoms with Crippen LogP contribution in [0.5, 0.6) is 0 Å². The third-order valence-electron chi connectivity index (χ3n) is 4.22. The Morgan fingerprint density at radius 3 is 2.70 bits per heavy atom. The van der Waals surface area contributed by atoms with E-state index in [0.717, 1.165) is 19.3 Å².